The molecule has 2 aliphatic rings. The molecule has 1 amide bonds. The first kappa shape index (κ1) is 26.5. The van der Waals surface area contributed by atoms with Crippen LogP contribution in [0.3, 0.4) is 0 Å². The van der Waals surface area contributed by atoms with Crippen molar-refractivity contribution < 1.29 is 19.1 Å². The molecular formula is C32H27N3O5S. The van der Waals surface area contributed by atoms with Crippen LogP contribution in [-0.4, -0.2) is 36.7 Å². The average Bonchev–Trinajstić information content (AvgIpc) is 3.45. The average molecular weight is 566 g/mol. The number of esters is 1. The lowest BCUT2D eigenvalue weighted by atomic mass is 9.93. The zero-order valence-corrected chi connectivity index (χ0v) is 23.6. The van der Waals surface area contributed by atoms with E-state index in [1.165, 1.54) is 4.57 Å². The summed E-state index contributed by atoms with van der Waals surface area (Å²) in [6, 6.07) is 23.2. The molecule has 0 saturated heterocycles. The highest BCUT2D eigenvalue weighted by molar-refractivity contribution is 7.07. The van der Waals surface area contributed by atoms with Gasteiger partial charge in [0.25, 0.3) is 11.5 Å². The smallest absolute Gasteiger partial charge is 0.338 e. The number of carbonyl (C=O) groups is 2. The lowest BCUT2D eigenvalue weighted by Gasteiger charge is -2.26. The highest BCUT2D eigenvalue weighted by Gasteiger charge is 2.37. The van der Waals surface area contributed by atoms with Crippen molar-refractivity contribution in [3.63, 3.8) is 0 Å². The van der Waals surface area contributed by atoms with Crippen LogP contribution in [0.1, 0.15) is 36.6 Å². The zero-order chi connectivity index (χ0) is 28.7. The van der Waals surface area contributed by atoms with Crippen LogP contribution >= 0.6 is 11.3 Å². The second kappa shape index (κ2) is 10.7. The number of benzene rings is 3. The molecular weight excluding hydrogens is 538 g/mol. The molecule has 0 bridgehead atoms. The zero-order valence-electron chi connectivity index (χ0n) is 22.8. The number of thiazole rings is 1. The van der Waals surface area contributed by atoms with Crippen LogP contribution in [0.25, 0.3) is 11.3 Å². The monoisotopic (exact) mass is 565 g/mol. The van der Waals surface area contributed by atoms with Gasteiger partial charge in [-0.05, 0) is 37.6 Å². The molecule has 0 saturated carbocycles. The van der Waals surface area contributed by atoms with Gasteiger partial charge >= 0.3 is 5.97 Å². The SMILES string of the molecule is CCOC(=O)C1=C(c2ccccc2)N=c2s/c(=C3/C(=O)N(C)c4ccccc43)c(=O)n2[C@@H]1c1ccc(OCC)cc1. The fourth-order valence-electron chi connectivity index (χ4n) is 5.31. The highest BCUT2D eigenvalue weighted by atomic mass is 32.1. The molecule has 2 aliphatic heterocycles. The second-order valence-electron chi connectivity index (χ2n) is 9.51. The topological polar surface area (TPSA) is 90.2 Å². The third-order valence-electron chi connectivity index (χ3n) is 7.14. The Balaban J connectivity index is 1.69. The van der Waals surface area contributed by atoms with Gasteiger partial charge in [-0.15, -0.1) is 0 Å². The number of fused-ring (bicyclic) bond motifs is 2. The summed E-state index contributed by atoms with van der Waals surface area (Å²) in [4.78, 5) is 48.2. The van der Waals surface area contributed by atoms with Crippen molar-refractivity contribution in [2.24, 2.45) is 4.99 Å². The minimum absolute atomic E-state index is 0.159. The van der Waals surface area contributed by atoms with E-state index >= 15 is 0 Å². The van der Waals surface area contributed by atoms with Crippen molar-refractivity contribution in [3.05, 3.63) is 121 Å². The molecule has 0 radical (unpaired) electrons. The Bertz CT molecular complexity index is 1890. The number of para-hydroxylation sites is 1. The number of rotatable bonds is 6. The van der Waals surface area contributed by atoms with Gasteiger partial charge in [0.05, 0.1) is 41.8 Å². The maximum absolute atomic E-state index is 14.3. The number of amides is 1. The Morgan fingerprint density at radius 2 is 1.63 bits per heavy atom. The largest absolute Gasteiger partial charge is 0.494 e. The van der Waals surface area contributed by atoms with Crippen molar-refractivity contribution in [3.8, 4) is 5.75 Å². The molecule has 3 heterocycles. The number of aromatic nitrogens is 1. The van der Waals surface area contributed by atoms with Gasteiger partial charge in [0, 0.05) is 18.2 Å². The minimum atomic E-state index is -0.838. The number of likely N-dealkylation sites (N-methyl/N-ethyl adjacent to an activating group) is 1. The van der Waals surface area contributed by atoms with Crippen LogP contribution in [0.15, 0.2) is 94.2 Å². The number of nitrogens with zero attached hydrogens (tertiary/aromatic N) is 3. The van der Waals surface area contributed by atoms with E-state index < -0.39 is 17.6 Å². The van der Waals surface area contributed by atoms with Gasteiger partial charge in [-0.3, -0.25) is 14.2 Å². The van der Waals surface area contributed by atoms with Gasteiger partial charge in [0.1, 0.15) is 10.3 Å². The normalized spacial score (nSPS) is 17.2. The molecule has 1 atom stereocenters. The molecule has 0 fully saturated rings. The quantitative estimate of drug-likeness (QED) is 0.333. The first-order valence-corrected chi connectivity index (χ1v) is 14.2. The van der Waals surface area contributed by atoms with Gasteiger partial charge in [0.15, 0.2) is 4.80 Å². The van der Waals surface area contributed by atoms with E-state index in [2.05, 4.69) is 0 Å². The van der Waals surface area contributed by atoms with Crippen molar-refractivity contribution in [1.29, 1.82) is 0 Å². The van der Waals surface area contributed by atoms with Crippen molar-refractivity contribution in [2.75, 3.05) is 25.2 Å². The summed E-state index contributed by atoms with van der Waals surface area (Å²) in [5, 5.41) is 0. The summed E-state index contributed by atoms with van der Waals surface area (Å²) >= 11 is 1.15. The summed E-state index contributed by atoms with van der Waals surface area (Å²) in [7, 11) is 1.69. The fourth-order valence-corrected chi connectivity index (χ4v) is 6.40. The first-order chi connectivity index (χ1) is 19.9. The van der Waals surface area contributed by atoms with Gasteiger partial charge in [-0.25, -0.2) is 9.79 Å². The van der Waals surface area contributed by atoms with E-state index in [1.807, 2.05) is 85.8 Å². The third kappa shape index (κ3) is 4.38. The molecule has 0 unspecified atom stereocenters. The van der Waals surface area contributed by atoms with Crippen LogP contribution in [-0.2, 0) is 14.3 Å². The lowest BCUT2D eigenvalue weighted by Crippen LogP contribution is -2.40. The highest BCUT2D eigenvalue weighted by Crippen LogP contribution is 2.37. The number of hydrogen-bond acceptors (Lipinski definition) is 7. The molecule has 0 N–H and O–H groups in total. The molecule has 8 nitrogen and oxygen atoms in total. The van der Waals surface area contributed by atoms with E-state index in [0.717, 1.165) is 22.6 Å². The molecule has 206 valence electrons. The van der Waals surface area contributed by atoms with Crippen molar-refractivity contribution in [1.82, 2.24) is 4.57 Å². The summed E-state index contributed by atoms with van der Waals surface area (Å²) in [5.74, 6) is -0.150. The van der Waals surface area contributed by atoms with Gasteiger partial charge in [-0.2, -0.15) is 0 Å². The molecule has 9 heteroatoms. The van der Waals surface area contributed by atoms with Gasteiger partial charge in [-0.1, -0.05) is 72.0 Å². The van der Waals surface area contributed by atoms with E-state index in [1.54, 1.807) is 18.9 Å². The molecule has 0 aliphatic carbocycles. The second-order valence-corrected chi connectivity index (χ2v) is 10.5. The van der Waals surface area contributed by atoms with Crippen LogP contribution in [0.2, 0.25) is 0 Å². The maximum Gasteiger partial charge on any atom is 0.338 e. The number of carbonyl (C=O) groups excluding carboxylic acids is 2. The summed E-state index contributed by atoms with van der Waals surface area (Å²) < 4.78 is 13.0. The van der Waals surface area contributed by atoms with E-state index in [4.69, 9.17) is 14.5 Å². The third-order valence-corrected chi connectivity index (χ3v) is 8.19. The summed E-state index contributed by atoms with van der Waals surface area (Å²) in [6.07, 6.45) is 0. The Labute approximate surface area is 240 Å². The molecule has 3 aromatic carbocycles. The number of anilines is 1. The van der Waals surface area contributed by atoms with Crippen molar-refractivity contribution in [2.45, 2.75) is 19.9 Å². The van der Waals surface area contributed by atoms with Gasteiger partial charge in [0.2, 0.25) is 0 Å². The standard InChI is InChI=1S/C32H27N3O5S/c1-4-39-21-17-15-20(16-18-21)27-25(31(38)40-5-2)26(19-11-7-6-8-12-19)33-32-35(27)30(37)28(41-32)24-22-13-9-10-14-23(22)34(3)29(24)36/h6-18,27H,4-5H2,1-3H3/b28-24+/t27-/m1/s1. The number of ether oxygens (including phenoxy) is 2. The molecule has 4 aromatic rings. The number of hydrogen-bond donors (Lipinski definition) is 0. The van der Waals surface area contributed by atoms with Crippen LogP contribution in [0.5, 0.6) is 5.75 Å². The predicted octanol–water partition coefficient (Wildman–Crippen LogP) is 3.68. The summed E-state index contributed by atoms with van der Waals surface area (Å²) in [6.45, 7) is 4.31. The van der Waals surface area contributed by atoms with E-state index in [9.17, 15) is 14.4 Å². The minimum Gasteiger partial charge on any atom is -0.494 e. The molecule has 6 rings (SSSR count). The first-order valence-electron chi connectivity index (χ1n) is 13.4. The molecule has 41 heavy (non-hydrogen) atoms. The Morgan fingerprint density at radius 1 is 0.927 bits per heavy atom. The summed E-state index contributed by atoms with van der Waals surface area (Å²) in [5.41, 5.74) is 3.45. The Hall–Kier alpha value is -4.76. The Morgan fingerprint density at radius 3 is 2.34 bits per heavy atom. The predicted molar refractivity (Wildman–Crippen MR) is 157 cm³/mol. The van der Waals surface area contributed by atoms with Crippen LogP contribution in [0.4, 0.5) is 5.69 Å². The fraction of sp³-hybridized carbons (Fsp3) is 0.188. The lowest BCUT2D eigenvalue weighted by molar-refractivity contribution is -0.138. The van der Waals surface area contributed by atoms with Gasteiger partial charge < -0.3 is 14.4 Å². The van der Waals surface area contributed by atoms with Crippen LogP contribution in [0, 0.1) is 0 Å². The van der Waals surface area contributed by atoms with E-state index in [0.29, 0.717) is 39.6 Å². The molecule has 1 aromatic heterocycles. The Kier molecular flexibility index (Phi) is 6.88. The van der Waals surface area contributed by atoms with E-state index in [-0.39, 0.29) is 22.6 Å². The maximum atomic E-state index is 14.3. The molecule has 0 spiro atoms. The van der Waals surface area contributed by atoms with Crippen molar-refractivity contribution >= 4 is 40.2 Å². The van der Waals surface area contributed by atoms with Crippen LogP contribution < -0.4 is 24.5 Å².